The molecule has 0 aliphatic carbocycles. The molecule has 1 atom stereocenters. The van der Waals surface area contributed by atoms with Crippen molar-refractivity contribution in [3.8, 4) is 5.75 Å². The fraction of sp³-hybridized carbons (Fsp3) is 0.611. The maximum atomic E-state index is 12.8. The largest absolute Gasteiger partial charge is 0.494 e. The molecule has 0 spiro atoms. The number of ether oxygens (including phenoxy) is 2. The molecule has 2 rings (SSSR count). The minimum absolute atomic E-state index is 0.117. The van der Waals surface area contributed by atoms with Crippen LogP contribution in [0.4, 0.5) is 0 Å². The molecule has 1 aliphatic rings. The Kier molecular flexibility index (Phi) is 7.36. The third-order valence-electron chi connectivity index (χ3n) is 4.06. The van der Waals surface area contributed by atoms with Gasteiger partial charge in [0.15, 0.2) is 0 Å². The number of rotatable bonds is 9. The molecule has 0 aromatic heterocycles. The number of nitrogens with one attached hydrogen (secondary N) is 1. The van der Waals surface area contributed by atoms with Crippen LogP contribution in [0.2, 0.25) is 0 Å². The highest BCUT2D eigenvalue weighted by atomic mass is 16.5. The Morgan fingerprint density at radius 3 is 2.70 bits per heavy atom. The lowest BCUT2D eigenvalue weighted by Gasteiger charge is -2.28. The third kappa shape index (κ3) is 5.22. The van der Waals surface area contributed by atoms with Gasteiger partial charge in [-0.25, -0.2) is 0 Å². The fourth-order valence-corrected chi connectivity index (χ4v) is 2.85. The quantitative estimate of drug-likeness (QED) is 0.710. The molecule has 5 heteroatoms. The van der Waals surface area contributed by atoms with Gasteiger partial charge in [-0.3, -0.25) is 4.79 Å². The summed E-state index contributed by atoms with van der Waals surface area (Å²) in [7, 11) is 1.68. The second-order valence-corrected chi connectivity index (χ2v) is 5.86. The molecular weight excluding hydrogens is 292 g/mol. The van der Waals surface area contributed by atoms with Crippen molar-refractivity contribution in [2.24, 2.45) is 0 Å². The summed E-state index contributed by atoms with van der Waals surface area (Å²) in [6.45, 7) is 6.12. The summed E-state index contributed by atoms with van der Waals surface area (Å²) in [5, 5.41) is 3.34. The van der Waals surface area contributed by atoms with Crippen molar-refractivity contribution in [1.29, 1.82) is 0 Å². The Hall–Kier alpha value is -1.59. The maximum Gasteiger partial charge on any atom is 0.254 e. The molecule has 0 radical (unpaired) electrons. The van der Waals surface area contributed by atoms with E-state index in [9.17, 15) is 4.79 Å². The number of hydrogen-bond donors (Lipinski definition) is 1. The number of amides is 1. The van der Waals surface area contributed by atoms with Crippen molar-refractivity contribution in [2.45, 2.75) is 32.2 Å². The smallest absolute Gasteiger partial charge is 0.254 e. The molecule has 1 aromatic carbocycles. The average molecular weight is 320 g/mol. The van der Waals surface area contributed by atoms with E-state index >= 15 is 0 Å². The lowest BCUT2D eigenvalue weighted by Crippen LogP contribution is -2.42. The second-order valence-electron chi connectivity index (χ2n) is 5.86. The first-order valence-corrected chi connectivity index (χ1v) is 8.49. The fourth-order valence-electron chi connectivity index (χ4n) is 2.85. The van der Waals surface area contributed by atoms with Gasteiger partial charge in [0.25, 0.3) is 5.91 Å². The van der Waals surface area contributed by atoms with Crippen molar-refractivity contribution in [3.05, 3.63) is 29.8 Å². The summed E-state index contributed by atoms with van der Waals surface area (Å²) in [5.41, 5.74) is 0.731. The Balaban J connectivity index is 1.94. The van der Waals surface area contributed by atoms with Crippen LogP contribution in [0.5, 0.6) is 5.75 Å². The third-order valence-corrected chi connectivity index (χ3v) is 4.06. The lowest BCUT2D eigenvalue weighted by molar-refractivity contribution is 0.0692. The summed E-state index contributed by atoms with van der Waals surface area (Å²) < 4.78 is 10.6. The van der Waals surface area contributed by atoms with Crippen LogP contribution in [0.1, 0.15) is 36.5 Å². The molecule has 1 amide bonds. The van der Waals surface area contributed by atoms with Gasteiger partial charge in [0.2, 0.25) is 0 Å². The second kappa shape index (κ2) is 9.53. The van der Waals surface area contributed by atoms with Gasteiger partial charge < -0.3 is 19.7 Å². The first kappa shape index (κ1) is 17.8. The number of hydrogen-bond acceptors (Lipinski definition) is 4. The van der Waals surface area contributed by atoms with E-state index in [1.165, 1.54) is 0 Å². The molecule has 0 bridgehead atoms. The van der Waals surface area contributed by atoms with E-state index in [1.807, 2.05) is 29.2 Å². The molecule has 5 nitrogen and oxygen atoms in total. The Morgan fingerprint density at radius 1 is 1.30 bits per heavy atom. The molecule has 1 aliphatic heterocycles. The topological polar surface area (TPSA) is 50.8 Å². The van der Waals surface area contributed by atoms with Crippen molar-refractivity contribution < 1.29 is 14.3 Å². The van der Waals surface area contributed by atoms with Crippen molar-refractivity contribution in [3.63, 3.8) is 0 Å². The van der Waals surface area contributed by atoms with E-state index in [2.05, 4.69) is 12.2 Å². The van der Waals surface area contributed by atoms with Crippen LogP contribution in [-0.2, 0) is 4.74 Å². The van der Waals surface area contributed by atoms with Gasteiger partial charge >= 0.3 is 0 Å². The summed E-state index contributed by atoms with van der Waals surface area (Å²) in [6.07, 6.45) is 2.87. The van der Waals surface area contributed by atoms with Crippen LogP contribution >= 0.6 is 0 Å². The predicted molar refractivity (Wildman–Crippen MR) is 91.0 cm³/mol. The van der Waals surface area contributed by atoms with Gasteiger partial charge in [-0.2, -0.15) is 0 Å². The zero-order valence-electron chi connectivity index (χ0n) is 14.2. The summed E-state index contributed by atoms with van der Waals surface area (Å²) in [5.74, 6) is 0.911. The molecular formula is C18H28N2O3. The standard InChI is InChI=1S/C18H28N2O3/c1-3-11-20(16-9-10-19-14-16)18(21)15-5-7-17(8-6-15)23-13-4-12-22-2/h5-8,16,19H,3-4,9-14H2,1-2H3. The van der Waals surface area contributed by atoms with Crippen LogP contribution in [0, 0.1) is 0 Å². The van der Waals surface area contributed by atoms with E-state index in [1.54, 1.807) is 7.11 Å². The highest BCUT2D eigenvalue weighted by Crippen LogP contribution is 2.17. The van der Waals surface area contributed by atoms with E-state index in [4.69, 9.17) is 9.47 Å². The molecule has 128 valence electrons. The summed E-state index contributed by atoms with van der Waals surface area (Å²) in [4.78, 5) is 14.8. The van der Waals surface area contributed by atoms with Crippen molar-refractivity contribution in [2.75, 3.05) is 40.0 Å². The minimum atomic E-state index is 0.117. The minimum Gasteiger partial charge on any atom is -0.494 e. The van der Waals surface area contributed by atoms with E-state index in [-0.39, 0.29) is 5.91 Å². The zero-order chi connectivity index (χ0) is 16.5. The number of carbonyl (C=O) groups excluding carboxylic acids is 1. The van der Waals surface area contributed by atoms with Crippen LogP contribution in [0.25, 0.3) is 0 Å². The van der Waals surface area contributed by atoms with Crippen molar-refractivity contribution >= 4 is 5.91 Å². The van der Waals surface area contributed by atoms with Crippen LogP contribution < -0.4 is 10.1 Å². The Morgan fingerprint density at radius 2 is 2.09 bits per heavy atom. The van der Waals surface area contributed by atoms with Crippen LogP contribution in [0.3, 0.4) is 0 Å². The number of benzene rings is 1. The van der Waals surface area contributed by atoms with Gasteiger partial charge in [0.05, 0.1) is 6.61 Å². The van der Waals surface area contributed by atoms with Gasteiger partial charge in [0.1, 0.15) is 5.75 Å². The van der Waals surface area contributed by atoms with Gasteiger partial charge in [-0.05, 0) is 43.7 Å². The number of methoxy groups -OCH3 is 1. The first-order valence-electron chi connectivity index (χ1n) is 8.49. The van der Waals surface area contributed by atoms with E-state index in [0.29, 0.717) is 19.3 Å². The van der Waals surface area contributed by atoms with Gasteiger partial charge in [-0.1, -0.05) is 6.92 Å². The Bertz CT molecular complexity index is 470. The Labute approximate surface area is 139 Å². The van der Waals surface area contributed by atoms with Crippen LogP contribution in [0.15, 0.2) is 24.3 Å². The monoisotopic (exact) mass is 320 g/mol. The lowest BCUT2D eigenvalue weighted by atomic mass is 10.1. The van der Waals surface area contributed by atoms with E-state index < -0.39 is 0 Å². The molecule has 1 saturated heterocycles. The zero-order valence-corrected chi connectivity index (χ0v) is 14.2. The molecule has 1 N–H and O–H groups in total. The predicted octanol–water partition coefficient (Wildman–Crippen LogP) is 2.32. The van der Waals surface area contributed by atoms with Gasteiger partial charge in [-0.15, -0.1) is 0 Å². The highest BCUT2D eigenvalue weighted by molar-refractivity contribution is 5.94. The molecule has 1 aromatic rings. The first-order chi connectivity index (χ1) is 11.3. The maximum absolute atomic E-state index is 12.8. The molecule has 23 heavy (non-hydrogen) atoms. The SMILES string of the molecule is CCCN(C(=O)c1ccc(OCCCOC)cc1)C1CCNC1. The normalized spacial score (nSPS) is 17.2. The van der Waals surface area contributed by atoms with Crippen molar-refractivity contribution in [1.82, 2.24) is 10.2 Å². The molecule has 0 saturated carbocycles. The highest BCUT2D eigenvalue weighted by Gasteiger charge is 2.26. The number of carbonyl (C=O) groups is 1. The van der Waals surface area contributed by atoms with E-state index in [0.717, 1.165) is 50.2 Å². The summed E-state index contributed by atoms with van der Waals surface area (Å²) >= 11 is 0. The average Bonchev–Trinajstić information content (AvgIpc) is 3.11. The molecule has 1 heterocycles. The number of nitrogens with zero attached hydrogens (tertiary/aromatic N) is 1. The van der Waals surface area contributed by atoms with Gasteiger partial charge in [0, 0.05) is 44.8 Å². The van der Waals surface area contributed by atoms with Crippen LogP contribution in [-0.4, -0.2) is 56.8 Å². The molecule has 1 fully saturated rings. The summed E-state index contributed by atoms with van der Waals surface area (Å²) in [6, 6.07) is 7.78. The molecule has 1 unspecified atom stereocenters.